The minimum absolute atomic E-state index is 0.0169. The Hall–Kier alpha value is -3.30. The first kappa shape index (κ1) is 24.3. The topological polar surface area (TPSA) is 107 Å². The third kappa shape index (κ3) is 5.94. The molecular formula is C22H24Cl2N6O3. The lowest BCUT2D eigenvalue weighted by Gasteiger charge is -2.22. The number of benzene rings is 2. The number of aromatic nitrogens is 3. The van der Waals surface area contributed by atoms with Crippen LogP contribution in [0.4, 0.5) is 5.69 Å². The summed E-state index contributed by atoms with van der Waals surface area (Å²) < 4.78 is 6.79. The molecule has 2 aromatic carbocycles. The lowest BCUT2D eigenvalue weighted by molar-refractivity contribution is -0.419. The molecule has 0 atom stereocenters. The van der Waals surface area contributed by atoms with Crippen LogP contribution in [0.3, 0.4) is 0 Å². The third-order valence-electron chi connectivity index (χ3n) is 4.28. The molecule has 1 heterocycles. The van der Waals surface area contributed by atoms with Crippen LogP contribution in [0.1, 0.15) is 27.7 Å². The van der Waals surface area contributed by atoms with Crippen molar-refractivity contribution in [1.29, 1.82) is 0 Å². The van der Waals surface area contributed by atoms with Gasteiger partial charge in [-0.2, -0.15) is 4.68 Å². The minimum Gasteiger partial charge on any atom is -0.494 e. The number of allylic oxidation sites excluding steroid dienone is 1. The van der Waals surface area contributed by atoms with Crippen molar-refractivity contribution in [1.82, 2.24) is 20.3 Å². The largest absolute Gasteiger partial charge is 0.494 e. The van der Waals surface area contributed by atoms with Crippen LogP contribution in [-0.2, 0) is 0 Å². The van der Waals surface area contributed by atoms with E-state index in [1.54, 1.807) is 48.5 Å². The van der Waals surface area contributed by atoms with E-state index in [0.29, 0.717) is 29.1 Å². The van der Waals surface area contributed by atoms with Crippen molar-refractivity contribution in [2.24, 2.45) is 0 Å². The number of hydrogen-bond acceptors (Lipinski definition) is 7. The average Bonchev–Trinajstić information content (AvgIpc) is 3.17. The van der Waals surface area contributed by atoms with Crippen LogP contribution in [0, 0.1) is 10.1 Å². The first-order valence-electron chi connectivity index (χ1n) is 10.1. The summed E-state index contributed by atoms with van der Waals surface area (Å²) in [5.74, 6) is 0.654. The zero-order valence-electron chi connectivity index (χ0n) is 18.6. The summed E-state index contributed by atoms with van der Waals surface area (Å²) in [6.45, 7) is 7.99. The predicted octanol–water partition coefficient (Wildman–Crippen LogP) is 5.38. The van der Waals surface area contributed by atoms with Crippen molar-refractivity contribution in [3.05, 3.63) is 74.5 Å². The molecule has 0 aliphatic carbocycles. The molecule has 3 aromatic rings. The fraction of sp³-hybridized carbons (Fsp3) is 0.273. The summed E-state index contributed by atoms with van der Waals surface area (Å²) in [5.41, 5.74) is 0.723. The highest BCUT2D eigenvalue weighted by Crippen LogP contribution is 2.30. The van der Waals surface area contributed by atoms with Gasteiger partial charge in [0.15, 0.2) is 5.03 Å². The Bertz CT molecular complexity index is 1210. The highest BCUT2D eigenvalue weighted by molar-refractivity contribution is 6.40. The number of nitrogens with one attached hydrogen (secondary N) is 2. The lowest BCUT2D eigenvalue weighted by atomic mass is 10.1. The maximum Gasteiger partial charge on any atom is 0.333 e. The van der Waals surface area contributed by atoms with Gasteiger partial charge in [0.1, 0.15) is 16.4 Å². The first-order valence-corrected chi connectivity index (χ1v) is 10.9. The molecule has 0 aliphatic rings. The van der Waals surface area contributed by atoms with Gasteiger partial charge in [-0.15, -0.1) is 5.10 Å². The van der Waals surface area contributed by atoms with Gasteiger partial charge in [0.2, 0.25) is 5.82 Å². The molecule has 0 fully saturated rings. The van der Waals surface area contributed by atoms with Gasteiger partial charge >= 0.3 is 5.70 Å². The number of anilines is 1. The summed E-state index contributed by atoms with van der Waals surface area (Å²) in [6.07, 6.45) is 0. The molecule has 0 bridgehead atoms. The molecule has 174 valence electrons. The van der Waals surface area contributed by atoms with Crippen molar-refractivity contribution in [3.63, 3.8) is 0 Å². The van der Waals surface area contributed by atoms with Crippen LogP contribution in [0.5, 0.6) is 5.75 Å². The number of halogens is 2. The smallest absolute Gasteiger partial charge is 0.333 e. The second-order valence-corrected chi connectivity index (χ2v) is 8.79. The van der Waals surface area contributed by atoms with Crippen molar-refractivity contribution in [2.75, 3.05) is 11.9 Å². The standard InChI is InChI=1S/C22H24Cl2N6O3/c1-5-33-15-12-10-14(11-13-15)25-21(29-17-9-7-6-8-16(17)27-28-29)19(30(31)32)18(23)20(24)26-22(2,3)4/h6-13,25-26H,5H2,1-4H3/b20-18-,21-19+. The Labute approximate surface area is 201 Å². The number of nitro groups is 1. The van der Waals surface area contributed by atoms with Crippen molar-refractivity contribution in [3.8, 4) is 5.75 Å². The zero-order chi connectivity index (χ0) is 24.2. The van der Waals surface area contributed by atoms with Gasteiger partial charge in [-0.3, -0.25) is 10.1 Å². The fourth-order valence-electron chi connectivity index (χ4n) is 2.94. The van der Waals surface area contributed by atoms with Gasteiger partial charge in [-0.1, -0.05) is 40.5 Å². The average molecular weight is 491 g/mol. The van der Waals surface area contributed by atoms with Crippen LogP contribution in [-0.4, -0.2) is 32.1 Å². The zero-order valence-corrected chi connectivity index (χ0v) is 20.1. The van der Waals surface area contributed by atoms with Gasteiger partial charge < -0.3 is 15.4 Å². The molecule has 9 nitrogen and oxygen atoms in total. The molecule has 0 spiro atoms. The Balaban J connectivity index is 2.22. The lowest BCUT2D eigenvalue weighted by Crippen LogP contribution is -2.34. The molecule has 33 heavy (non-hydrogen) atoms. The molecule has 3 rings (SSSR count). The van der Waals surface area contributed by atoms with Crippen LogP contribution in [0.25, 0.3) is 16.9 Å². The predicted molar refractivity (Wildman–Crippen MR) is 131 cm³/mol. The minimum atomic E-state index is -0.609. The molecule has 0 aliphatic heterocycles. The van der Waals surface area contributed by atoms with Crippen LogP contribution >= 0.6 is 23.2 Å². The highest BCUT2D eigenvalue weighted by Gasteiger charge is 2.30. The molecule has 0 amide bonds. The Morgan fingerprint density at radius 1 is 1.15 bits per heavy atom. The van der Waals surface area contributed by atoms with Gasteiger partial charge in [-0.05, 0) is 64.1 Å². The van der Waals surface area contributed by atoms with E-state index in [1.807, 2.05) is 27.7 Å². The van der Waals surface area contributed by atoms with E-state index in [-0.39, 0.29) is 16.0 Å². The van der Waals surface area contributed by atoms with Gasteiger partial charge in [-0.25, -0.2) is 0 Å². The van der Waals surface area contributed by atoms with Crippen LogP contribution < -0.4 is 15.4 Å². The molecule has 0 saturated heterocycles. The number of ether oxygens (including phenoxy) is 1. The van der Waals surface area contributed by atoms with Gasteiger partial charge in [0.25, 0.3) is 0 Å². The summed E-state index contributed by atoms with van der Waals surface area (Å²) in [6, 6.07) is 14.1. The van der Waals surface area contributed by atoms with Crippen LogP contribution in [0.15, 0.2) is 64.4 Å². The summed E-state index contributed by atoms with van der Waals surface area (Å²) in [4.78, 5) is 11.6. The van der Waals surface area contributed by atoms with E-state index in [9.17, 15) is 10.1 Å². The highest BCUT2D eigenvalue weighted by atomic mass is 35.5. The van der Waals surface area contributed by atoms with E-state index < -0.39 is 16.2 Å². The first-order chi connectivity index (χ1) is 15.6. The van der Waals surface area contributed by atoms with E-state index in [2.05, 4.69) is 20.9 Å². The second kappa shape index (κ2) is 10.1. The number of fused-ring (bicyclic) bond motifs is 1. The van der Waals surface area contributed by atoms with Crippen LogP contribution in [0.2, 0.25) is 0 Å². The van der Waals surface area contributed by atoms with Crippen molar-refractivity contribution >= 4 is 45.7 Å². The van der Waals surface area contributed by atoms with E-state index in [0.717, 1.165) is 0 Å². The quantitative estimate of drug-likeness (QED) is 0.189. The normalized spacial score (nSPS) is 13.3. The Kier molecular flexibility index (Phi) is 7.45. The summed E-state index contributed by atoms with van der Waals surface area (Å²) >= 11 is 12.8. The maximum atomic E-state index is 12.2. The number of para-hydroxylation sites is 1. The van der Waals surface area contributed by atoms with Gasteiger partial charge in [0, 0.05) is 11.2 Å². The maximum absolute atomic E-state index is 12.2. The van der Waals surface area contributed by atoms with Gasteiger partial charge in [0.05, 0.1) is 17.0 Å². The van der Waals surface area contributed by atoms with E-state index >= 15 is 0 Å². The van der Waals surface area contributed by atoms with Crippen molar-refractivity contribution in [2.45, 2.75) is 33.2 Å². The number of rotatable bonds is 8. The third-order valence-corrected chi connectivity index (χ3v) is 5.03. The summed E-state index contributed by atoms with van der Waals surface area (Å²) in [5, 5.41) is 26.2. The second-order valence-electron chi connectivity index (χ2n) is 8.03. The molecule has 2 N–H and O–H groups in total. The molecule has 0 unspecified atom stereocenters. The monoisotopic (exact) mass is 490 g/mol. The Morgan fingerprint density at radius 2 is 1.82 bits per heavy atom. The van der Waals surface area contributed by atoms with E-state index in [1.165, 1.54) is 4.68 Å². The molecular weight excluding hydrogens is 467 g/mol. The number of nitrogens with zero attached hydrogens (tertiary/aromatic N) is 4. The molecule has 0 saturated carbocycles. The molecule has 0 radical (unpaired) electrons. The Morgan fingerprint density at radius 3 is 2.42 bits per heavy atom. The number of hydrogen-bond donors (Lipinski definition) is 2. The van der Waals surface area contributed by atoms with Crippen molar-refractivity contribution < 1.29 is 9.66 Å². The molecule has 1 aromatic heterocycles. The SMILES string of the molecule is CCOc1ccc(N/C(=C(/C(Cl)=C(\Cl)NC(C)(C)C)[N+](=O)[O-])n2nnc3ccccc32)cc1. The summed E-state index contributed by atoms with van der Waals surface area (Å²) in [7, 11) is 0. The molecule has 11 heteroatoms. The fourth-order valence-corrected chi connectivity index (χ4v) is 3.52. The van der Waals surface area contributed by atoms with E-state index in [4.69, 9.17) is 27.9 Å².